The van der Waals surface area contributed by atoms with E-state index in [4.69, 9.17) is 4.74 Å². The lowest BCUT2D eigenvalue weighted by molar-refractivity contribution is 0.102. The second-order valence-electron chi connectivity index (χ2n) is 5.34. The number of para-hydroxylation sites is 1. The molecule has 0 radical (unpaired) electrons. The molecule has 3 aromatic rings. The van der Waals surface area contributed by atoms with E-state index in [1.165, 1.54) is 0 Å². The number of ether oxygens (including phenoxy) is 1. The summed E-state index contributed by atoms with van der Waals surface area (Å²) in [6.07, 6.45) is 2.44. The highest BCUT2D eigenvalue weighted by molar-refractivity contribution is 6.04. The van der Waals surface area contributed by atoms with Crippen LogP contribution in [-0.4, -0.2) is 18.0 Å². The Labute approximate surface area is 141 Å². The van der Waals surface area contributed by atoms with Crippen molar-refractivity contribution in [3.05, 3.63) is 89.7 Å². The zero-order valence-corrected chi connectivity index (χ0v) is 13.4. The van der Waals surface area contributed by atoms with Crippen molar-refractivity contribution in [1.82, 2.24) is 4.98 Å². The Bertz CT molecular complexity index is 815. The molecule has 3 rings (SSSR count). The molecule has 4 heteroatoms. The number of hydrogen-bond acceptors (Lipinski definition) is 3. The van der Waals surface area contributed by atoms with Gasteiger partial charge >= 0.3 is 0 Å². The molecule has 0 fully saturated rings. The molecule has 0 unspecified atom stereocenters. The van der Waals surface area contributed by atoms with Gasteiger partial charge in [-0.25, -0.2) is 0 Å². The molecule has 0 aliphatic carbocycles. The standard InChI is InChI=1S/C20H18N2O2/c1-24-18-11-9-15(10-12-18)20(23)22-19-8-3-2-6-16(19)14-17-7-4-5-13-21-17/h2-13H,14H2,1H3,(H,22,23). The Morgan fingerprint density at radius 3 is 2.46 bits per heavy atom. The predicted octanol–water partition coefficient (Wildman–Crippen LogP) is 3.93. The van der Waals surface area contributed by atoms with Crippen LogP contribution in [0.4, 0.5) is 5.69 Å². The molecule has 0 bridgehead atoms. The van der Waals surface area contributed by atoms with Gasteiger partial charge in [-0.05, 0) is 48.0 Å². The molecule has 1 N–H and O–H groups in total. The lowest BCUT2D eigenvalue weighted by Gasteiger charge is -2.11. The number of aromatic nitrogens is 1. The SMILES string of the molecule is COc1ccc(C(=O)Nc2ccccc2Cc2ccccn2)cc1. The first-order valence-electron chi connectivity index (χ1n) is 7.69. The van der Waals surface area contributed by atoms with Gasteiger partial charge in [0.15, 0.2) is 0 Å². The lowest BCUT2D eigenvalue weighted by Crippen LogP contribution is -2.13. The zero-order chi connectivity index (χ0) is 16.8. The minimum atomic E-state index is -0.147. The van der Waals surface area contributed by atoms with E-state index in [0.717, 1.165) is 22.7 Å². The largest absolute Gasteiger partial charge is 0.497 e. The number of methoxy groups -OCH3 is 1. The summed E-state index contributed by atoms with van der Waals surface area (Å²) in [5.41, 5.74) is 3.37. The van der Waals surface area contributed by atoms with E-state index in [-0.39, 0.29) is 5.91 Å². The van der Waals surface area contributed by atoms with Crippen LogP contribution in [0.2, 0.25) is 0 Å². The molecule has 120 valence electrons. The third kappa shape index (κ3) is 3.79. The monoisotopic (exact) mass is 318 g/mol. The predicted molar refractivity (Wildman–Crippen MR) is 94.4 cm³/mol. The molecule has 0 saturated carbocycles. The number of nitrogens with zero attached hydrogens (tertiary/aromatic N) is 1. The van der Waals surface area contributed by atoms with Gasteiger partial charge in [0.2, 0.25) is 0 Å². The Balaban J connectivity index is 1.78. The minimum Gasteiger partial charge on any atom is -0.497 e. The molecule has 1 aromatic heterocycles. The number of carbonyl (C=O) groups is 1. The summed E-state index contributed by atoms with van der Waals surface area (Å²) in [5, 5.41) is 2.98. The number of carbonyl (C=O) groups excluding carboxylic acids is 1. The minimum absolute atomic E-state index is 0.147. The summed E-state index contributed by atoms with van der Waals surface area (Å²) < 4.78 is 5.11. The molecule has 0 aliphatic heterocycles. The highest BCUT2D eigenvalue weighted by Crippen LogP contribution is 2.20. The van der Waals surface area contributed by atoms with Crippen LogP contribution in [0.25, 0.3) is 0 Å². The van der Waals surface area contributed by atoms with Gasteiger partial charge in [0.25, 0.3) is 5.91 Å². The number of pyridine rings is 1. The second-order valence-corrected chi connectivity index (χ2v) is 5.34. The van der Waals surface area contributed by atoms with Gasteiger partial charge in [-0.15, -0.1) is 0 Å². The van der Waals surface area contributed by atoms with E-state index in [1.807, 2.05) is 42.5 Å². The van der Waals surface area contributed by atoms with Crippen molar-refractivity contribution in [2.75, 3.05) is 12.4 Å². The highest BCUT2D eigenvalue weighted by atomic mass is 16.5. The molecular weight excluding hydrogens is 300 g/mol. The number of amides is 1. The molecule has 0 saturated heterocycles. The highest BCUT2D eigenvalue weighted by Gasteiger charge is 2.10. The molecule has 2 aromatic carbocycles. The fourth-order valence-electron chi connectivity index (χ4n) is 2.43. The Morgan fingerprint density at radius 2 is 1.75 bits per heavy atom. The summed E-state index contributed by atoms with van der Waals surface area (Å²) in [6.45, 7) is 0. The number of anilines is 1. The molecule has 4 nitrogen and oxygen atoms in total. The van der Waals surface area contributed by atoms with Crippen molar-refractivity contribution in [3.8, 4) is 5.75 Å². The second kappa shape index (κ2) is 7.42. The van der Waals surface area contributed by atoms with E-state index >= 15 is 0 Å². The lowest BCUT2D eigenvalue weighted by atomic mass is 10.1. The van der Waals surface area contributed by atoms with Gasteiger partial charge in [0, 0.05) is 29.6 Å². The molecule has 0 aliphatic rings. The molecular formula is C20H18N2O2. The number of nitrogens with one attached hydrogen (secondary N) is 1. The number of hydrogen-bond donors (Lipinski definition) is 1. The van der Waals surface area contributed by atoms with E-state index in [2.05, 4.69) is 10.3 Å². The fourth-order valence-corrected chi connectivity index (χ4v) is 2.43. The smallest absolute Gasteiger partial charge is 0.255 e. The number of benzene rings is 2. The van der Waals surface area contributed by atoms with Crippen molar-refractivity contribution >= 4 is 11.6 Å². The first kappa shape index (κ1) is 15.7. The Kier molecular flexibility index (Phi) is 4.87. The van der Waals surface area contributed by atoms with Crippen LogP contribution >= 0.6 is 0 Å². The van der Waals surface area contributed by atoms with E-state index < -0.39 is 0 Å². The van der Waals surface area contributed by atoms with Crippen LogP contribution < -0.4 is 10.1 Å². The molecule has 24 heavy (non-hydrogen) atoms. The van der Waals surface area contributed by atoms with Crippen LogP contribution in [0.5, 0.6) is 5.75 Å². The van der Waals surface area contributed by atoms with Crippen molar-refractivity contribution in [3.63, 3.8) is 0 Å². The van der Waals surface area contributed by atoms with Gasteiger partial charge in [-0.3, -0.25) is 9.78 Å². The van der Waals surface area contributed by atoms with Crippen molar-refractivity contribution in [2.24, 2.45) is 0 Å². The third-order valence-corrected chi connectivity index (χ3v) is 3.72. The van der Waals surface area contributed by atoms with Gasteiger partial charge in [-0.2, -0.15) is 0 Å². The van der Waals surface area contributed by atoms with Crippen molar-refractivity contribution < 1.29 is 9.53 Å². The van der Waals surface area contributed by atoms with E-state index in [9.17, 15) is 4.79 Å². The summed E-state index contributed by atoms with van der Waals surface area (Å²) in [7, 11) is 1.60. The summed E-state index contributed by atoms with van der Waals surface area (Å²) in [4.78, 5) is 16.8. The normalized spacial score (nSPS) is 10.2. The van der Waals surface area contributed by atoms with Crippen LogP contribution in [0.1, 0.15) is 21.6 Å². The van der Waals surface area contributed by atoms with Gasteiger partial charge in [0.05, 0.1) is 7.11 Å². The van der Waals surface area contributed by atoms with Gasteiger partial charge in [0.1, 0.15) is 5.75 Å². The average Bonchev–Trinajstić information content (AvgIpc) is 2.64. The quantitative estimate of drug-likeness (QED) is 0.775. The van der Waals surface area contributed by atoms with Crippen LogP contribution in [-0.2, 0) is 6.42 Å². The van der Waals surface area contributed by atoms with Crippen LogP contribution in [0, 0.1) is 0 Å². The molecule has 0 atom stereocenters. The number of rotatable bonds is 5. The Hall–Kier alpha value is -3.14. The molecule has 0 spiro atoms. The fraction of sp³-hybridized carbons (Fsp3) is 0.100. The van der Waals surface area contributed by atoms with Crippen molar-refractivity contribution in [2.45, 2.75) is 6.42 Å². The first-order chi connectivity index (χ1) is 11.8. The summed E-state index contributed by atoms with van der Waals surface area (Å²) in [6, 6.07) is 20.6. The summed E-state index contributed by atoms with van der Waals surface area (Å²) in [5.74, 6) is 0.577. The third-order valence-electron chi connectivity index (χ3n) is 3.72. The topological polar surface area (TPSA) is 51.2 Å². The van der Waals surface area contributed by atoms with Crippen molar-refractivity contribution in [1.29, 1.82) is 0 Å². The molecule has 1 amide bonds. The van der Waals surface area contributed by atoms with Crippen LogP contribution in [0.15, 0.2) is 72.9 Å². The zero-order valence-electron chi connectivity index (χ0n) is 13.4. The van der Waals surface area contributed by atoms with E-state index in [0.29, 0.717) is 12.0 Å². The summed E-state index contributed by atoms with van der Waals surface area (Å²) >= 11 is 0. The van der Waals surface area contributed by atoms with Gasteiger partial charge < -0.3 is 10.1 Å². The van der Waals surface area contributed by atoms with Crippen LogP contribution in [0.3, 0.4) is 0 Å². The maximum atomic E-state index is 12.5. The van der Waals surface area contributed by atoms with Gasteiger partial charge in [-0.1, -0.05) is 24.3 Å². The maximum absolute atomic E-state index is 12.5. The van der Waals surface area contributed by atoms with E-state index in [1.54, 1.807) is 37.6 Å². The Morgan fingerprint density at radius 1 is 1.00 bits per heavy atom. The first-order valence-corrected chi connectivity index (χ1v) is 7.69. The maximum Gasteiger partial charge on any atom is 0.255 e. The molecule has 1 heterocycles. The average molecular weight is 318 g/mol.